The molecular weight excluding hydrogens is 522 g/mol. The summed E-state index contributed by atoms with van der Waals surface area (Å²) in [6.45, 7) is 5.67. The maximum atomic E-state index is 14.0. The van der Waals surface area contributed by atoms with Crippen LogP contribution in [-0.2, 0) is 19.1 Å². The van der Waals surface area contributed by atoms with Crippen LogP contribution in [0.25, 0.3) is 0 Å². The van der Waals surface area contributed by atoms with E-state index in [1.54, 1.807) is 26.0 Å². The number of allylic oxidation sites excluding steroid dienone is 2. The van der Waals surface area contributed by atoms with Crippen LogP contribution < -0.4 is 5.32 Å². The van der Waals surface area contributed by atoms with Crippen LogP contribution in [-0.4, -0.2) is 48.5 Å². The van der Waals surface area contributed by atoms with Crippen molar-refractivity contribution in [1.82, 2.24) is 10.2 Å². The summed E-state index contributed by atoms with van der Waals surface area (Å²) in [5.74, 6) is -2.23. The van der Waals surface area contributed by atoms with E-state index in [-0.39, 0.29) is 16.8 Å². The molecular formula is C29H32ClN3O6. The number of carbonyl (C=O) groups excluding carboxylic acids is 2. The van der Waals surface area contributed by atoms with Crippen LogP contribution in [0.4, 0.5) is 5.69 Å². The lowest BCUT2D eigenvalue weighted by Crippen LogP contribution is -2.36. The maximum absolute atomic E-state index is 14.0. The van der Waals surface area contributed by atoms with Gasteiger partial charge in [-0.2, -0.15) is 0 Å². The van der Waals surface area contributed by atoms with Crippen molar-refractivity contribution in [3.05, 3.63) is 97.3 Å². The van der Waals surface area contributed by atoms with Crippen LogP contribution in [0.5, 0.6) is 0 Å². The van der Waals surface area contributed by atoms with Gasteiger partial charge in [0.25, 0.3) is 5.69 Å². The number of piperidine rings is 1. The van der Waals surface area contributed by atoms with Gasteiger partial charge in [0.2, 0.25) is 0 Å². The van der Waals surface area contributed by atoms with Gasteiger partial charge in [-0.25, -0.2) is 9.59 Å². The number of rotatable bonds is 8. The molecule has 1 fully saturated rings. The van der Waals surface area contributed by atoms with Crippen LogP contribution in [0, 0.1) is 10.1 Å². The third-order valence-corrected chi connectivity index (χ3v) is 7.52. The highest BCUT2D eigenvalue weighted by Crippen LogP contribution is 2.41. The molecule has 0 saturated carbocycles. The molecule has 206 valence electrons. The number of methoxy groups -OCH3 is 1. The summed E-state index contributed by atoms with van der Waals surface area (Å²) in [5.41, 5.74) is 2.27. The number of nitro benzene ring substituents is 1. The molecule has 2 aromatic carbocycles. The van der Waals surface area contributed by atoms with Crippen molar-refractivity contribution in [2.75, 3.05) is 26.7 Å². The number of hydrogen-bond donors (Lipinski definition) is 1. The van der Waals surface area contributed by atoms with Gasteiger partial charge < -0.3 is 14.8 Å². The predicted molar refractivity (Wildman–Crippen MR) is 147 cm³/mol. The lowest BCUT2D eigenvalue weighted by molar-refractivity contribution is -0.384. The Hall–Kier alpha value is -3.69. The molecule has 1 saturated heterocycles. The number of nitrogens with one attached hydrogen (secondary N) is 1. The number of hydrogen-bond acceptors (Lipinski definition) is 8. The zero-order chi connectivity index (χ0) is 28.1. The highest BCUT2D eigenvalue weighted by Gasteiger charge is 2.39. The number of halogens is 1. The van der Waals surface area contributed by atoms with E-state index in [1.165, 1.54) is 25.3 Å². The Balaban J connectivity index is 1.76. The first-order valence-electron chi connectivity index (χ1n) is 12.9. The molecule has 2 aliphatic rings. The van der Waals surface area contributed by atoms with E-state index in [2.05, 4.69) is 10.2 Å². The minimum Gasteiger partial charge on any atom is -0.466 e. The average molecular weight is 554 g/mol. The molecule has 10 heteroatoms. The second-order valence-corrected chi connectivity index (χ2v) is 10.2. The van der Waals surface area contributed by atoms with Gasteiger partial charge in [0, 0.05) is 40.7 Å². The van der Waals surface area contributed by atoms with Crippen molar-refractivity contribution in [3.8, 4) is 0 Å². The molecule has 1 N–H and O–H groups in total. The van der Waals surface area contributed by atoms with Gasteiger partial charge >= 0.3 is 11.9 Å². The number of carbonyl (C=O) groups is 2. The third-order valence-electron chi connectivity index (χ3n) is 7.17. The van der Waals surface area contributed by atoms with Crippen molar-refractivity contribution >= 4 is 29.2 Å². The van der Waals surface area contributed by atoms with E-state index in [4.69, 9.17) is 21.1 Å². The second-order valence-electron chi connectivity index (χ2n) is 9.76. The molecule has 0 aromatic heterocycles. The summed E-state index contributed by atoms with van der Waals surface area (Å²) in [4.78, 5) is 40.3. The Labute approximate surface area is 232 Å². The Morgan fingerprint density at radius 2 is 1.72 bits per heavy atom. The van der Waals surface area contributed by atoms with Crippen LogP contribution in [0.2, 0.25) is 5.02 Å². The summed E-state index contributed by atoms with van der Waals surface area (Å²) in [7, 11) is 1.25. The highest BCUT2D eigenvalue weighted by atomic mass is 35.5. The molecule has 2 unspecified atom stereocenters. The van der Waals surface area contributed by atoms with Crippen LogP contribution >= 0.6 is 11.6 Å². The molecule has 2 aliphatic heterocycles. The SMILES string of the molecule is COC(=O)C1=C(C)NC(C)=C(C(=O)OC(CN2CCCCC2)c2ccccc2Cl)C1c1cccc([N+](=O)[O-])c1. The van der Waals surface area contributed by atoms with Crippen molar-refractivity contribution in [2.24, 2.45) is 0 Å². The van der Waals surface area contributed by atoms with Crippen LogP contribution in [0.15, 0.2) is 71.1 Å². The van der Waals surface area contributed by atoms with Gasteiger partial charge in [0.05, 0.1) is 29.1 Å². The number of non-ortho nitro benzene ring substituents is 1. The Kier molecular flexibility index (Phi) is 9.04. The zero-order valence-corrected chi connectivity index (χ0v) is 23.0. The fourth-order valence-corrected chi connectivity index (χ4v) is 5.56. The quantitative estimate of drug-likeness (QED) is 0.262. The molecule has 0 aliphatic carbocycles. The van der Waals surface area contributed by atoms with Gasteiger partial charge in [0.15, 0.2) is 0 Å². The molecule has 2 heterocycles. The molecule has 0 spiro atoms. The number of likely N-dealkylation sites (tertiary alicyclic amines) is 1. The number of ether oxygens (including phenoxy) is 2. The van der Waals surface area contributed by atoms with Gasteiger partial charge in [0.1, 0.15) is 6.10 Å². The number of nitro groups is 1. The van der Waals surface area contributed by atoms with Gasteiger partial charge in [-0.15, -0.1) is 0 Å². The largest absolute Gasteiger partial charge is 0.466 e. The molecule has 2 aromatic rings. The number of esters is 2. The van der Waals surface area contributed by atoms with E-state index < -0.39 is 28.9 Å². The lowest BCUT2D eigenvalue weighted by atomic mass is 9.80. The lowest BCUT2D eigenvalue weighted by Gasteiger charge is -2.33. The first-order valence-corrected chi connectivity index (χ1v) is 13.3. The van der Waals surface area contributed by atoms with E-state index in [1.807, 2.05) is 18.2 Å². The Bertz CT molecular complexity index is 1330. The summed E-state index contributed by atoms with van der Waals surface area (Å²) in [5, 5.41) is 15.1. The van der Waals surface area contributed by atoms with Crippen LogP contribution in [0.3, 0.4) is 0 Å². The zero-order valence-electron chi connectivity index (χ0n) is 22.2. The van der Waals surface area contributed by atoms with Crippen molar-refractivity contribution in [2.45, 2.75) is 45.1 Å². The smallest absolute Gasteiger partial charge is 0.337 e. The van der Waals surface area contributed by atoms with Crippen molar-refractivity contribution in [3.63, 3.8) is 0 Å². The molecule has 4 rings (SSSR count). The predicted octanol–water partition coefficient (Wildman–Crippen LogP) is 5.43. The number of benzene rings is 2. The summed E-state index contributed by atoms with van der Waals surface area (Å²) in [6.07, 6.45) is 2.64. The second kappa shape index (κ2) is 12.4. The van der Waals surface area contributed by atoms with Gasteiger partial charge in [-0.05, 0) is 51.4 Å². The maximum Gasteiger partial charge on any atom is 0.337 e. The van der Waals surface area contributed by atoms with Crippen LogP contribution in [0.1, 0.15) is 56.3 Å². The molecule has 0 bridgehead atoms. The fourth-order valence-electron chi connectivity index (χ4n) is 5.30. The van der Waals surface area contributed by atoms with Crippen molar-refractivity contribution < 1.29 is 24.0 Å². The van der Waals surface area contributed by atoms with E-state index in [9.17, 15) is 19.7 Å². The standard InChI is InChI=1S/C29H32ClN3O6/c1-18-25(28(34)38-3)27(20-10-9-11-21(16-20)33(36)37)26(19(2)31-18)29(35)39-24(17-32-14-7-4-8-15-32)22-12-5-6-13-23(22)30/h5-6,9-13,16,24,27,31H,4,7-8,14-15,17H2,1-3H3. The minimum absolute atomic E-state index is 0.155. The fraction of sp³-hybridized carbons (Fsp3) is 0.379. The molecule has 9 nitrogen and oxygen atoms in total. The molecule has 0 amide bonds. The topological polar surface area (TPSA) is 111 Å². The Morgan fingerprint density at radius 3 is 2.36 bits per heavy atom. The highest BCUT2D eigenvalue weighted by molar-refractivity contribution is 6.31. The van der Waals surface area contributed by atoms with E-state index >= 15 is 0 Å². The first-order chi connectivity index (χ1) is 18.7. The summed E-state index contributed by atoms with van der Waals surface area (Å²) < 4.78 is 11.2. The average Bonchev–Trinajstić information content (AvgIpc) is 2.92. The Morgan fingerprint density at radius 1 is 1.05 bits per heavy atom. The number of dihydropyridines is 1. The first kappa shape index (κ1) is 28.3. The van der Waals surface area contributed by atoms with Gasteiger partial charge in [-0.3, -0.25) is 15.0 Å². The molecule has 39 heavy (non-hydrogen) atoms. The molecule has 0 radical (unpaired) electrons. The monoisotopic (exact) mass is 553 g/mol. The van der Waals surface area contributed by atoms with E-state index in [0.29, 0.717) is 34.1 Å². The van der Waals surface area contributed by atoms with Crippen molar-refractivity contribution in [1.29, 1.82) is 0 Å². The third kappa shape index (κ3) is 6.32. The number of nitrogens with zero attached hydrogens (tertiary/aromatic N) is 2. The normalized spacial score (nSPS) is 18.8. The molecule has 2 atom stereocenters. The summed E-state index contributed by atoms with van der Waals surface area (Å²) in [6, 6.07) is 13.2. The summed E-state index contributed by atoms with van der Waals surface area (Å²) >= 11 is 6.54. The minimum atomic E-state index is -0.937. The van der Waals surface area contributed by atoms with Gasteiger partial charge in [-0.1, -0.05) is 48.4 Å². The van der Waals surface area contributed by atoms with E-state index in [0.717, 1.165) is 32.4 Å².